The molecule has 0 saturated heterocycles. The zero-order valence-electron chi connectivity index (χ0n) is 11.3. The van der Waals surface area contributed by atoms with Crippen molar-refractivity contribution in [2.75, 3.05) is 13.7 Å². The molecule has 0 aliphatic carbocycles. The molecule has 3 nitrogen and oxygen atoms in total. The van der Waals surface area contributed by atoms with Crippen molar-refractivity contribution in [2.45, 2.75) is 0 Å². The van der Waals surface area contributed by atoms with Gasteiger partial charge in [-0.25, -0.2) is 0 Å². The third kappa shape index (κ3) is 3.48. The average molecular weight is 268 g/mol. The van der Waals surface area contributed by atoms with Gasteiger partial charge < -0.3 is 9.47 Å². The topological polar surface area (TPSA) is 35.5 Å². The zero-order valence-corrected chi connectivity index (χ0v) is 11.3. The zero-order chi connectivity index (χ0) is 14.2. The second kappa shape index (κ2) is 7.14. The molecule has 0 bridgehead atoms. The number of ether oxygens (including phenoxy) is 2. The van der Waals surface area contributed by atoms with Gasteiger partial charge in [0.1, 0.15) is 18.1 Å². The first-order valence-electron chi connectivity index (χ1n) is 6.31. The first kappa shape index (κ1) is 13.9. The van der Waals surface area contributed by atoms with Crippen LogP contribution in [0.25, 0.3) is 6.08 Å². The third-order valence-corrected chi connectivity index (χ3v) is 2.81. The van der Waals surface area contributed by atoms with Crippen molar-refractivity contribution in [3.63, 3.8) is 0 Å². The fourth-order valence-electron chi connectivity index (χ4n) is 1.83. The predicted molar refractivity (Wildman–Crippen MR) is 79.4 cm³/mol. The molecule has 0 aromatic heterocycles. The van der Waals surface area contributed by atoms with Crippen molar-refractivity contribution in [1.82, 2.24) is 0 Å². The molecule has 0 amide bonds. The lowest BCUT2D eigenvalue weighted by molar-refractivity contribution is 0.111. The lowest BCUT2D eigenvalue weighted by Crippen LogP contribution is -1.99. The first-order valence-corrected chi connectivity index (χ1v) is 6.31. The fourth-order valence-corrected chi connectivity index (χ4v) is 1.83. The van der Waals surface area contributed by atoms with E-state index in [9.17, 15) is 4.79 Å². The number of aldehydes is 1. The lowest BCUT2D eigenvalue weighted by atomic mass is 10.2. The molecule has 3 heteroatoms. The van der Waals surface area contributed by atoms with Crippen LogP contribution in [0.3, 0.4) is 0 Å². The molecule has 2 aromatic carbocycles. The summed E-state index contributed by atoms with van der Waals surface area (Å²) in [5.41, 5.74) is 1.54. The van der Waals surface area contributed by atoms with Crippen LogP contribution in [-0.2, 0) is 0 Å². The van der Waals surface area contributed by atoms with Crippen molar-refractivity contribution >= 4 is 12.4 Å². The highest BCUT2D eigenvalue weighted by Crippen LogP contribution is 2.26. The van der Waals surface area contributed by atoms with E-state index in [1.807, 2.05) is 42.5 Å². The SMILES string of the molecule is COc1cccc(OC/C=C/c2ccccc2)c1C=O. The highest BCUT2D eigenvalue weighted by Gasteiger charge is 2.08. The maximum atomic E-state index is 11.1. The molecule has 0 N–H and O–H groups in total. The Hall–Kier alpha value is -2.55. The van der Waals surface area contributed by atoms with Crippen molar-refractivity contribution in [3.05, 3.63) is 65.7 Å². The number of hydrogen-bond donors (Lipinski definition) is 0. The van der Waals surface area contributed by atoms with Crippen LogP contribution in [0.15, 0.2) is 54.6 Å². The monoisotopic (exact) mass is 268 g/mol. The van der Waals surface area contributed by atoms with Gasteiger partial charge in [0.15, 0.2) is 6.29 Å². The second-order valence-corrected chi connectivity index (χ2v) is 4.11. The van der Waals surface area contributed by atoms with Crippen LogP contribution in [0.5, 0.6) is 11.5 Å². The van der Waals surface area contributed by atoms with Crippen LogP contribution in [0.2, 0.25) is 0 Å². The van der Waals surface area contributed by atoms with Gasteiger partial charge in [-0.2, -0.15) is 0 Å². The number of carbonyl (C=O) groups excluding carboxylic acids is 1. The highest BCUT2D eigenvalue weighted by atomic mass is 16.5. The van der Waals surface area contributed by atoms with Crippen LogP contribution < -0.4 is 9.47 Å². The van der Waals surface area contributed by atoms with Crippen molar-refractivity contribution in [2.24, 2.45) is 0 Å². The predicted octanol–water partition coefficient (Wildman–Crippen LogP) is 3.60. The van der Waals surface area contributed by atoms with Crippen LogP contribution >= 0.6 is 0 Å². The van der Waals surface area contributed by atoms with Crippen molar-refractivity contribution < 1.29 is 14.3 Å². The number of rotatable bonds is 6. The van der Waals surface area contributed by atoms with Crippen molar-refractivity contribution in [1.29, 1.82) is 0 Å². The summed E-state index contributed by atoms with van der Waals surface area (Å²) in [5, 5.41) is 0. The van der Waals surface area contributed by atoms with Crippen LogP contribution in [0.1, 0.15) is 15.9 Å². The van der Waals surface area contributed by atoms with Gasteiger partial charge in [0.2, 0.25) is 0 Å². The van der Waals surface area contributed by atoms with Crippen LogP contribution in [-0.4, -0.2) is 20.0 Å². The summed E-state index contributed by atoms with van der Waals surface area (Å²) >= 11 is 0. The summed E-state index contributed by atoms with van der Waals surface area (Å²) in [7, 11) is 1.53. The number of hydrogen-bond acceptors (Lipinski definition) is 3. The van der Waals surface area contributed by atoms with Gasteiger partial charge >= 0.3 is 0 Å². The number of benzene rings is 2. The lowest BCUT2D eigenvalue weighted by Gasteiger charge is -2.09. The summed E-state index contributed by atoms with van der Waals surface area (Å²) in [6.45, 7) is 0.392. The molecule has 0 aliphatic heterocycles. The molecule has 0 atom stereocenters. The first-order chi connectivity index (χ1) is 9.85. The summed E-state index contributed by atoms with van der Waals surface area (Å²) in [6.07, 6.45) is 4.62. The molecular formula is C17H16O3. The molecule has 0 aliphatic rings. The second-order valence-electron chi connectivity index (χ2n) is 4.11. The minimum absolute atomic E-state index is 0.392. The Morgan fingerprint density at radius 2 is 1.75 bits per heavy atom. The van der Waals surface area contributed by atoms with Gasteiger partial charge in [-0.1, -0.05) is 42.5 Å². The maximum absolute atomic E-state index is 11.1. The number of methoxy groups -OCH3 is 1. The van der Waals surface area contributed by atoms with Gasteiger partial charge in [-0.15, -0.1) is 0 Å². The fraction of sp³-hybridized carbons (Fsp3) is 0.118. The normalized spacial score (nSPS) is 10.4. The molecular weight excluding hydrogens is 252 g/mol. The van der Waals surface area contributed by atoms with Gasteiger partial charge in [0.25, 0.3) is 0 Å². The smallest absolute Gasteiger partial charge is 0.157 e. The Kier molecular flexibility index (Phi) is 4.95. The van der Waals surface area contributed by atoms with Crippen LogP contribution in [0, 0.1) is 0 Å². The summed E-state index contributed by atoms with van der Waals surface area (Å²) in [6, 6.07) is 15.2. The van der Waals surface area contributed by atoms with Gasteiger partial charge in [-0.05, 0) is 23.8 Å². The Balaban J connectivity index is 2.01. The van der Waals surface area contributed by atoms with Gasteiger partial charge in [-0.3, -0.25) is 4.79 Å². The Morgan fingerprint density at radius 1 is 1.00 bits per heavy atom. The standard InChI is InChI=1S/C17H16O3/c1-19-16-10-5-11-17(15(16)13-18)20-12-6-9-14-7-3-2-4-8-14/h2-11,13H,12H2,1H3/b9-6+. The molecule has 102 valence electrons. The molecule has 0 fully saturated rings. The van der Waals surface area contributed by atoms with E-state index in [4.69, 9.17) is 9.47 Å². The molecule has 0 spiro atoms. The minimum atomic E-state index is 0.392. The molecule has 2 aromatic rings. The molecule has 2 rings (SSSR count). The molecule has 0 heterocycles. The third-order valence-electron chi connectivity index (χ3n) is 2.81. The average Bonchev–Trinajstić information content (AvgIpc) is 2.52. The Morgan fingerprint density at radius 3 is 2.45 bits per heavy atom. The van der Waals surface area contributed by atoms with E-state index in [2.05, 4.69) is 0 Å². The number of carbonyl (C=O) groups is 1. The minimum Gasteiger partial charge on any atom is -0.496 e. The van der Waals surface area contributed by atoms with E-state index >= 15 is 0 Å². The van der Waals surface area contributed by atoms with Gasteiger partial charge in [0.05, 0.1) is 12.7 Å². The summed E-state index contributed by atoms with van der Waals surface area (Å²) in [5.74, 6) is 1.04. The molecule has 0 saturated carbocycles. The van der Waals surface area contributed by atoms with E-state index in [-0.39, 0.29) is 0 Å². The van der Waals surface area contributed by atoms with Crippen molar-refractivity contribution in [3.8, 4) is 11.5 Å². The van der Waals surface area contributed by atoms with E-state index in [1.54, 1.807) is 18.2 Å². The maximum Gasteiger partial charge on any atom is 0.157 e. The van der Waals surface area contributed by atoms with Gasteiger partial charge in [0, 0.05) is 0 Å². The molecule has 0 unspecified atom stereocenters. The van der Waals surface area contributed by atoms with E-state index in [0.717, 1.165) is 11.8 Å². The Bertz CT molecular complexity index is 588. The highest BCUT2D eigenvalue weighted by molar-refractivity contribution is 5.83. The summed E-state index contributed by atoms with van der Waals surface area (Å²) < 4.78 is 10.7. The molecule has 20 heavy (non-hydrogen) atoms. The van der Waals surface area contributed by atoms with Crippen LogP contribution in [0.4, 0.5) is 0 Å². The largest absolute Gasteiger partial charge is 0.496 e. The summed E-state index contributed by atoms with van der Waals surface area (Å²) in [4.78, 5) is 11.1. The Labute approximate surface area is 118 Å². The van der Waals surface area contributed by atoms with E-state index < -0.39 is 0 Å². The van der Waals surface area contributed by atoms with E-state index in [0.29, 0.717) is 23.7 Å². The van der Waals surface area contributed by atoms with E-state index in [1.165, 1.54) is 7.11 Å². The molecule has 0 radical (unpaired) electrons. The quantitative estimate of drug-likeness (QED) is 0.751.